The number of nitrogens with two attached hydrogens (primary N) is 1. The van der Waals surface area contributed by atoms with Gasteiger partial charge in [-0.05, 0) is 38.5 Å². The first kappa shape index (κ1) is 56.8. The minimum atomic E-state index is -4.38. The molecule has 0 rings (SSSR count). The zero-order valence-corrected chi connectivity index (χ0v) is 38.9. The van der Waals surface area contributed by atoms with Gasteiger partial charge in [-0.3, -0.25) is 18.6 Å². The van der Waals surface area contributed by atoms with Gasteiger partial charge < -0.3 is 20.1 Å². The van der Waals surface area contributed by atoms with Crippen molar-refractivity contribution in [1.29, 1.82) is 0 Å². The summed E-state index contributed by atoms with van der Waals surface area (Å²) >= 11 is 0. The van der Waals surface area contributed by atoms with E-state index >= 15 is 0 Å². The number of hydrogen-bond acceptors (Lipinski definition) is 8. The molecule has 0 spiro atoms. The van der Waals surface area contributed by atoms with E-state index in [1.165, 1.54) is 167 Å². The van der Waals surface area contributed by atoms with Gasteiger partial charge in [-0.15, -0.1) is 0 Å². The van der Waals surface area contributed by atoms with E-state index in [0.29, 0.717) is 6.42 Å². The van der Waals surface area contributed by atoms with E-state index in [1.54, 1.807) is 0 Å². The predicted molar refractivity (Wildman–Crippen MR) is 243 cm³/mol. The highest BCUT2D eigenvalue weighted by Crippen LogP contribution is 2.43. The summed E-state index contributed by atoms with van der Waals surface area (Å²) in [5, 5.41) is 0. The molecule has 58 heavy (non-hydrogen) atoms. The highest BCUT2D eigenvalue weighted by Gasteiger charge is 2.26. The number of carbonyl (C=O) groups excluding carboxylic acids is 2. The maximum atomic E-state index is 12.6. The van der Waals surface area contributed by atoms with Crippen LogP contribution in [-0.2, 0) is 32.7 Å². The zero-order valence-electron chi connectivity index (χ0n) is 38.1. The maximum absolute atomic E-state index is 12.6. The molecule has 0 aliphatic heterocycles. The fourth-order valence-electron chi connectivity index (χ4n) is 7.22. The number of carbonyl (C=O) groups is 2. The fourth-order valence-corrected chi connectivity index (χ4v) is 7.99. The van der Waals surface area contributed by atoms with E-state index in [0.717, 1.165) is 51.4 Å². The predicted octanol–water partition coefficient (Wildman–Crippen LogP) is 14.6. The van der Waals surface area contributed by atoms with Crippen LogP contribution in [0.1, 0.15) is 251 Å². The minimum absolute atomic E-state index is 0.0550. The minimum Gasteiger partial charge on any atom is -0.462 e. The topological polar surface area (TPSA) is 134 Å². The normalized spacial score (nSPS) is 13.2. The van der Waals surface area contributed by atoms with Gasteiger partial charge in [-0.2, -0.15) is 0 Å². The first-order valence-corrected chi connectivity index (χ1v) is 26.2. The Balaban J connectivity index is 3.98. The van der Waals surface area contributed by atoms with Gasteiger partial charge in [0.05, 0.1) is 13.2 Å². The van der Waals surface area contributed by atoms with E-state index in [1.807, 2.05) is 0 Å². The lowest BCUT2D eigenvalue weighted by atomic mass is 10.0. The number of phosphoric acid groups is 1. The van der Waals surface area contributed by atoms with Crippen LogP contribution in [0.3, 0.4) is 0 Å². The van der Waals surface area contributed by atoms with Crippen molar-refractivity contribution in [2.45, 2.75) is 258 Å². The SMILES string of the molecule is CCCCCCC/C=C/CCCCCCCC(=O)O[C@@H](COC(=O)CCCCCCCCCCCCCCCCCCCCCCCCC)COP(=O)(O)OCCN. The molecule has 0 bridgehead atoms. The van der Waals surface area contributed by atoms with Gasteiger partial charge >= 0.3 is 19.8 Å². The molecule has 0 aliphatic carbocycles. The Morgan fingerprint density at radius 2 is 0.845 bits per heavy atom. The van der Waals surface area contributed by atoms with E-state index in [-0.39, 0.29) is 38.6 Å². The molecule has 0 saturated heterocycles. The summed E-state index contributed by atoms with van der Waals surface area (Å²) in [5.74, 6) is -0.824. The van der Waals surface area contributed by atoms with Crippen LogP contribution in [0, 0.1) is 0 Å². The molecule has 0 saturated carbocycles. The number of phosphoric ester groups is 1. The summed E-state index contributed by atoms with van der Waals surface area (Å²) in [7, 11) is -4.38. The van der Waals surface area contributed by atoms with Crippen molar-refractivity contribution in [1.82, 2.24) is 0 Å². The average molecular weight is 844 g/mol. The van der Waals surface area contributed by atoms with Crippen LogP contribution in [-0.4, -0.2) is 49.3 Å². The Bertz CT molecular complexity index is 964. The van der Waals surface area contributed by atoms with Gasteiger partial charge in [0.15, 0.2) is 6.10 Å². The molecule has 0 aromatic heterocycles. The van der Waals surface area contributed by atoms with Gasteiger partial charge in [0, 0.05) is 19.4 Å². The molecule has 0 aromatic carbocycles. The quantitative estimate of drug-likeness (QED) is 0.0266. The molecule has 0 radical (unpaired) electrons. The molecule has 0 amide bonds. The second-order valence-electron chi connectivity index (χ2n) is 16.7. The van der Waals surface area contributed by atoms with Crippen molar-refractivity contribution >= 4 is 19.8 Å². The molecular formula is C48H94NO8P. The smallest absolute Gasteiger partial charge is 0.462 e. The molecule has 0 heterocycles. The average Bonchev–Trinajstić information content (AvgIpc) is 3.21. The Morgan fingerprint density at radius 3 is 1.22 bits per heavy atom. The lowest BCUT2D eigenvalue weighted by molar-refractivity contribution is -0.161. The summed E-state index contributed by atoms with van der Waals surface area (Å²) in [5.41, 5.74) is 5.36. The molecule has 10 heteroatoms. The number of allylic oxidation sites excluding steroid dienone is 2. The lowest BCUT2D eigenvalue weighted by Gasteiger charge is -2.19. The third kappa shape index (κ3) is 44.3. The molecule has 2 atom stereocenters. The van der Waals surface area contributed by atoms with Crippen molar-refractivity contribution in [2.75, 3.05) is 26.4 Å². The molecular weight excluding hydrogens is 750 g/mol. The lowest BCUT2D eigenvalue weighted by Crippen LogP contribution is -2.29. The van der Waals surface area contributed by atoms with Gasteiger partial charge in [0.25, 0.3) is 0 Å². The molecule has 344 valence electrons. The van der Waals surface area contributed by atoms with Gasteiger partial charge in [-0.25, -0.2) is 4.57 Å². The first-order chi connectivity index (χ1) is 28.3. The third-order valence-corrected chi connectivity index (χ3v) is 11.9. The summed E-state index contributed by atoms with van der Waals surface area (Å²) in [6, 6.07) is 0. The molecule has 0 aromatic rings. The van der Waals surface area contributed by atoms with Crippen LogP contribution in [0.15, 0.2) is 12.2 Å². The van der Waals surface area contributed by atoms with Crippen LogP contribution >= 0.6 is 7.82 Å². The van der Waals surface area contributed by atoms with Crippen LogP contribution in [0.4, 0.5) is 0 Å². The van der Waals surface area contributed by atoms with E-state index in [9.17, 15) is 19.0 Å². The van der Waals surface area contributed by atoms with E-state index in [2.05, 4.69) is 26.0 Å². The van der Waals surface area contributed by atoms with Crippen molar-refractivity contribution in [3.8, 4) is 0 Å². The van der Waals surface area contributed by atoms with E-state index < -0.39 is 26.5 Å². The highest BCUT2D eigenvalue weighted by molar-refractivity contribution is 7.47. The first-order valence-electron chi connectivity index (χ1n) is 24.7. The third-order valence-electron chi connectivity index (χ3n) is 10.9. The zero-order chi connectivity index (χ0) is 42.5. The van der Waals surface area contributed by atoms with Gasteiger partial charge in [0.2, 0.25) is 0 Å². The van der Waals surface area contributed by atoms with Crippen LogP contribution in [0.5, 0.6) is 0 Å². The summed E-state index contributed by atoms with van der Waals surface area (Å²) in [4.78, 5) is 35.0. The Kier molecular flexibility index (Phi) is 44.3. The molecule has 1 unspecified atom stereocenters. The molecule has 9 nitrogen and oxygen atoms in total. The second kappa shape index (κ2) is 45.3. The van der Waals surface area contributed by atoms with Crippen LogP contribution in [0.25, 0.3) is 0 Å². The van der Waals surface area contributed by atoms with Crippen molar-refractivity contribution in [3.05, 3.63) is 12.2 Å². The number of ether oxygens (including phenoxy) is 2. The Morgan fingerprint density at radius 1 is 0.500 bits per heavy atom. The van der Waals surface area contributed by atoms with Crippen LogP contribution in [0.2, 0.25) is 0 Å². The Labute approximate surface area is 358 Å². The van der Waals surface area contributed by atoms with Crippen molar-refractivity contribution in [3.63, 3.8) is 0 Å². The van der Waals surface area contributed by atoms with Gasteiger partial charge in [0.1, 0.15) is 6.61 Å². The largest absolute Gasteiger partial charge is 0.472 e. The number of hydrogen-bond donors (Lipinski definition) is 2. The van der Waals surface area contributed by atoms with Crippen LogP contribution < -0.4 is 5.73 Å². The molecule has 0 fully saturated rings. The Hall–Kier alpha value is -1.25. The summed E-state index contributed by atoms with van der Waals surface area (Å²) in [6.07, 6.45) is 48.3. The number of esters is 2. The molecule has 0 aliphatic rings. The fraction of sp³-hybridized carbons (Fsp3) is 0.917. The number of rotatable bonds is 47. The number of unbranched alkanes of at least 4 members (excludes halogenated alkanes) is 32. The summed E-state index contributed by atoms with van der Waals surface area (Å²) < 4.78 is 32.9. The van der Waals surface area contributed by atoms with Gasteiger partial charge in [-0.1, -0.05) is 212 Å². The van der Waals surface area contributed by atoms with E-state index in [4.69, 9.17) is 24.3 Å². The summed E-state index contributed by atoms with van der Waals surface area (Å²) in [6.45, 7) is 3.76. The van der Waals surface area contributed by atoms with Crippen molar-refractivity contribution < 1.29 is 37.6 Å². The monoisotopic (exact) mass is 844 g/mol. The van der Waals surface area contributed by atoms with Crippen molar-refractivity contribution in [2.24, 2.45) is 5.73 Å². The second-order valence-corrected chi connectivity index (χ2v) is 18.1. The standard InChI is InChI=1S/C48H94NO8P/c1-3-5-7-9-11-13-15-17-19-20-21-22-23-24-25-26-27-29-30-32-34-36-38-40-47(50)54-44-46(45-56-58(52,53)55-43-42-49)57-48(51)41-39-37-35-33-31-28-18-16-14-12-10-8-6-4-2/h16,18,46H,3-15,17,19-45,49H2,1-2H3,(H,52,53)/b18-16+/t46-/m0/s1. The maximum Gasteiger partial charge on any atom is 0.472 e. The molecule has 3 N–H and O–H groups in total. The highest BCUT2D eigenvalue weighted by atomic mass is 31.2.